The first-order valence-corrected chi connectivity index (χ1v) is 5.45. The molecule has 2 rings (SSSR count). The van der Waals surface area contributed by atoms with E-state index in [0.717, 1.165) is 31.8 Å². The number of nitrogens with zero attached hydrogens (tertiary/aromatic N) is 1. The van der Waals surface area contributed by atoms with Crippen molar-refractivity contribution in [3.8, 4) is 0 Å². The summed E-state index contributed by atoms with van der Waals surface area (Å²) in [6.07, 6.45) is 2.69. The van der Waals surface area contributed by atoms with Crippen LogP contribution in [-0.4, -0.2) is 49.8 Å². The van der Waals surface area contributed by atoms with Gasteiger partial charge in [0.15, 0.2) is 0 Å². The molecule has 76 valence electrons. The Morgan fingerprint density at radius 3 is 2.92 bits per heavy atom. The number of hydrogen-bond donors (Lipinski definition) is 1. The van der Waals surface area contributed by atoms with E-state index in [1.807, 2.05) is 0 Å². The molecular formula is C10H20N2O. The van der Waals surface area contributed by atoms with Crippen LogP contribution in [0.2, 0.25) is 0 Å². The normalized spacial score (nSPS) is 31.6. The Bertz CT molecular complexity index is 157. The molecule has 2 aliphatic heterocycles. The topological polar surface area (TPSA) is 24.5 Å². The van der Waals surface area contributed by atoms with E-state index in [4.69, 9.17) is 4.74 Å². The van der Waals surface area contributed by atoms with E-state index in [1.54, 1.807) is 0 Å². The Morgan fingerprint density at radius 1 is 1.46 bits per heavy atom. The van der Waals surface area contributed by atoms with Crippen LogP contribution in [0.25, 0.3) is 0 Å². The predicted molar refractivity (Wildman–Crippen MR) is 52.9 cm³/mol. The number of hydrogen-bond acceptors (Lipinski definition) is 3. The summed E-state index contributed by atoms with van der Waals surface area (Å²) in [6, 6.07) is 1.45. The van der Waals surface area contributed by atoms with Crippen molar-refractivity contribution in [2.24, 2.45) is 0 Å². The molecule has 3 nitrogen and oxygen atoms in total. The molecule has 3 heteroatoms. The molecular weight excluding hydrogens is 164 g/mol. The standard InChI is InChI=1S/C10H20N2O/c1-2-11-9-4-3-5-12(6-9)10-7-13-8-10/h9-11H,2-8H2,1H3/t9-/m1/s1. The Balaban J connectivity index is 1.77. The van der Waals surface area contributed by atoms with Crippen molar-refractivity contribution in [1.82, 2.24) is 10.2 Å². The lowest BCUT2D eigenvalue weighted by Gasteiger charge is -2.42. The Kier molecular flexibility index (Phi) is 3.19. The summed E-state index contributed by atoms with van der Waals surface area (Å²) in [7, 11) is 0. The van der Waals surface area contributed by atoms with Crippen LogP contribution in [0.5, 0.6) is 0 Å². The first-order valence-electron chi connectivity index (χ1n) is 5.45. The maximum absolute atomic E-state index is 5.22. The minimum atomic E-state index is 0.722. The van der Waals surface area contributed by atoms with Crippen molar-refractivity contribution in [3.63, 3.8) is 0 Å². The molecule has 2 fully saturated rings. The molecule has 0 amide bonds. The Morgan fingerprint density at radius 2 is 2.31 bits per heavy atom. The fourth-order valence-corrected chi connectivity index (χ4v) is 2.23. The van der Waals surface area contributed by atoms with Crippen molar-refractivity contribution < 1.29 is 4.74 Å². The number of nitrogens with one attached hydrogen (secondary N) is 1. The molecule has 2 heterocycles. The zero-order valence-electron chi connectivity index (χ0n) is 8.46. The largest absolute Gasteiger partial charge is 0.378 e. The third-order valence-corrected chi connectivity index (χ3v) is 3.08. The van der Waals surface area contributed by atoms with Crippen LogP contribution in [-0.2, 0) is 4.74 Å². The summed E-state index contributed by atoms with van der Waals surface area (Å²) >= 11 is 0. The molecule has 0 radical (unpaired) electrons. The lowest BCUT2D eigenvalue weighted by molar-refractivity contribution is -0.0731. The summed E-state index contributed by atoms with van der Waals surface area (Å²) in [4.78, 5) is 2.58. The quantitative estimate of drug-likeness (QED) is 0.689. The summed E-state index contributed by atoms with van der Waals surface area (Å²) in [5, 5.41) is 3.54. The van der Waals surface area contributed by atoms with Crippen LogP contribution >= 0.6 is 0 Å². The highest BCUT2D eigenvalue weighted by atomic mass is 16.5. The average molecular weight is 184 g/mol. The highest BCUT2D eigenvalue weighted by Gasteiger charge is 2.29. The lowest BCUT2D eigenvalue weighted by atomic mass is 10.0. The van der Waals surface area contributed by atoms with E-state index in [9.17, 15) is 0 Å². The van der Waals surface area contributed by atoms with Gasteiger partial charge in [-0.2, -0.15) is 0 Å². The lowest BCUT2D eigenvalue weighted by Crippen LogP contribution is -2.55. The second-order valence-electron chi connectivity index (χ2n) is 4.08. The van der Waals surface area contributed by atoms with E-state index in [1.165, 1.54) is 25.9 Å². The van der Waals surface area contributed by atoms with Gasteiger partial charge < -0.3 is 10.1 Å². The van der Waals surface area contributed by atoms with Crippen LogP contribution in [0, 0.1) is 0 Å². The van der Waals surface area contributed by atoms with Crippen LogP contribution in [0.15, 0.2) is 0 Å². The molecule has 0 saturated carbocycles. The van der Waals surface area contributed by atoms with E-state index in [0.29, 0.717) is 0 Å². The molecule has 2 aliphatic rings. The van der Waals surface area contributed by atoms with Crippen LogP contribution in [0.1, 0.15) is 19.8 Å². The van der Waals surface area contributed by atoms with Crippen molar-refractivity contribution in [3.05, 3.63) is 0 Å². The summed E-state index contributed by atoms with van der Waals surface area (Å²) in [6.45, 7) is 7.69. The number of likely N-dealkylation sites (N-methyl/N-ethyl adjacent to an activating group) is 1. The number of ether oxygens (including phenoxy) is 1. The summed E-state index contributed by atoms with van der Waals surface area (Å²) < 4.78 is 5.22. The van der Waals surface area contributed by atoms with Gasteiger partial charge >= 0.3 is 0 Å². The van der Waals surface area contributed by atoms with Crippen molar-refractivity contribution in [1.29, 1.82) is 0 Å². The van der Waals surface area contributed by atoms with Gasteiger partial charge in [0.2, 0.25) is 0 Å². The monoisotopic (exact) mass is 184 g/mol. The van der Waals surface area contributed by atoms with E-state index in [2.05, 4.69) is 17.1 Å². The van der Waals surface area contributed by atoms with E-state index < -0.39 is 0 Å². The van der Waals surface area contributed by atoms with Gasteiger partial charge in [0.05, 0.1) is 19.3 Å². The number of rotatable bonds is 3. The fourth-order valence-electron chi connectivity index (χ4n) is 2.23. The maximum atomic E-state index is 5.22. The Hall–Kier alpha value is -0.120. The zero-order chi connectivity index (χ0) is 9.10. The molecule has 0 bridgehead atoms. The van der Waals surface area contributed by atoms with Crippen LogP contribution in [0.4, 0.5) is 0 Å². The average Bonchev–Trinajstić information content (AvgIpc) is 2.02. The van der Waals surface area contributed by atoms with Crippen LogP contribution in [0.3, 0.4) is 0 Å². The van der Waals surface area contributed by atoms with Crippen LogP contribution < -0.4 is 5.32 Å². The Labute approximate surface area is 80.4 Å². The van der Waals surface area contributed by atoms with Gasteiger partial charge in [-0.15, -0.1) is 0 Å². The second kappa shape index (κ2) is 4.40. The third kappa shape index (κ3) is 2.22. The summed E-state index contributed by atoms with van der Waals surface area (Å²) in [5.41, 5.74) is 0. The highest BCUT2D eigenvalue weighted by Crippen LogP contribution is 2.17. The van der Waals surface area contributed by atoms with Gasteiger partial charge in [0.25, 0.3) is 0 Å². The minimum absolute atomic E-state index is 0.722. The second-order valence-corrected chi connectivity index (χ2v) is 4.08. The van der Waals surface area contributed by atoms with Crippen molar-refractivity contribution >= 4 is 0 Å². The SMILES string of the molecule is CCN[C@@H]1CCCN(C2COC2)C1. The van der Waals surface area contributed by atoms with Gasteiger partial charge in [0, 0.05) is 12.6 Å². The van der Waals surface area contributed by atoms with Gasteiger partial charge in [-0.05, 0) is 25.9 Å². The van der Waals surface area contributed by atoms with Gasteiger partial charge in [0.1, 0.15) is 0 Å². The van der Waals surface area contributed by atoms with E-state index in [-0.39, 0.29) is 0 Å². The minimum Gasteiger partial charge on any atom is -0.378 e. The molecule has 0 aromatic heterocycles. The third-order valence-electron chi connectivity index (χ3n) is 3.08. The first kappa shape index (κ1) is 9.44. The molecule has 0 aromatic carbocycles. The number of likely N-dealkylation sites (tertiary alicyclic amines) is 1. The molecule has 2 saturated heterocycles. The summed E-state index contributed by atoms with van der Waals surface area (Å²) in [5.74, 6) is 0. The van der Waals surface area contributed by atoms with Crippen molar-refractivity contribution in [2.75, 3.05) is 32.8 Å². The predicted octanol–water partition coefficient (Wildman–Crippen LogP) is 0.459. The van der Waals surface area contributed by atoms with Gasteiger partial charge in [-0.25, -0.2) is 0 Å². The van der Waals surface area contributed by atoms with E-state index >= 15 is 0 Å². The molecule has 13 heavy (non-hydrogen) atoms. The molecule has 0 unspecified atom stereocenters. The molecule has 0 aliphatic carbocycles. The number of piperidine rings is 1. The smallest absolute Gasteiger partial charge is 0.0645 e. The molecule has 0 spiro atoms. The molecule has 0 aromatic rings. The van der Waals surface area contributed by atoms with Crippen molar-refractivity contribution in [2.45, 2.75) is 31.8 Å². The highest BCUT2D eigenvalue weighted by molar-refractivity contribution is 4.85. The zero-order valence-corrected chi connectivity index (χ0v) is 8.46. The molecule has 1 atom stereocenters. The van der Waals surface area contributed by atoms with Gasteiger partial charge in [-0.1, -0.05) is 6.92 Å². The molecule has 1 N–H and O–H groups in total. The first-order chi connectivity index (χ1) is 6.40. The van der Waals surface area contributed by atoms with Gasteiger partial charge in [-0.3, -0.25) is 4.90 Å². The maximum Gasteiger partial charge on any atom is 0.0645 e. The fraction of sp³-hybridized carbons (Fsp3) is 1.00.